The molecular formula is C16H16N4O2S. The van der Waals surface area contributed by atoms with Gasteiger partial charge in [-0.3, -0.25) is 4.79 Å². The van der Waals surface area contributed by atoms with Crippen LogP contribution in [0.2, 0.25) is 0 Å². The molecule has 118 valence electrons. The number of carbonyl (C=O) groups excluding carboxylic acids is 1. The summed E-state index contributed by atoms with van der Waals surface area (Å²) in [4.78, 5) is 21.0. The highest BCUT2D eigenvalue weighted by Gasteiger charge is 2.25. The lowest BCUT2D eigenvalue weighted by Crippen LogP contribution is -2.48. The molecule has 0 saturated carbocycles. The van der Waals surface area contributed by atoms with Crippen LogP contribution < -0.4 is 4.90 Å². The van der Waals surface area contributed by atoms with E-state index in [1.54, 1.807) is 22.3 Å². The molecule has 2 aromatic heterocycles. The van der Waals surface area contributed by atoms with Crippen molar-refractivity contribution in [3.63, 3.8) is 0 Å². The van der Waals surface area contributed by atoms with E-state index in [1.807, 2.05) is 0 Å². The van der Waals surface area contributed by atoms with E-state index in [1.165, 1.54) is 16.5 Å². The predicted octanol–water partition coefficient (Wildman–Crippen LogP) is 2.56. The lowest BCUT2D eigenvalue weighted by Gasteiger charge is -2.33. The van der Waals surface area contributed by atoms with Gasteiger partial charge in [0.25, 0.3) is 5.91 Å². The Morgan fingerprint density at radius 2 is 2.04 bits per heavy atom. The van der Waals surface area contributed by atoms with Gasteiger partial charge in [0.2, 0.25) is 5.76 Å². The molecule has 3 heterocycles. The van der Waals surface area contributed by atoms with Gasteiger partial charge in [-0.25, -0.2) is 4.98 Å². The van der Waals surface area contributed by atoms with Crippen LogP contribution in [-0.4, -0.2) is 47.1 Å². The van der Waals surface area contributed by atoms with Gasteiger partial charge >= 0.3 is 0 Å². The summed E-state index contributed by atoms with van der Waals surface area (Å²) < 4.78 is 6.15. The summed E-state index contributed by atoms with van der Waals surface area (Å²) >= 11 is 1.71. The molecule has 0 bridgehead atoms. The summed E-state index contributed by atoms with van der Waals surface area (Å²) in [6.07, 6.45) is 1.49. The Labute approximate surface area is 137 Å². The van der Waals surface area contributed by atoms with Gasteiger partial charge in [-0.2, -0.15) is 0 Å². The zero-order valence-corrected chi connectivity index (χ0v) is 13.5. The van der Waals surface area contributed by atoms with E-state index in [0.29, 0.717) is 18.8 Å². The van der Waals surface area contributed by atoms with Gasteiger partial charge in [-0.1, -0.05) is 22.6 Å². The number of hydrogen-bond acceptors (Lipinski definition) is 6. The smallest absolute Gasteiger partial charge is 0.292 e. The Balaban J connectivity index is 1.47. The molecule has 4 rings (SSSR count). The second-order valence-electron chi connectivity index (χ2n) is 5.62. The summed E-state index contributed by atoms with van der Waals surface area (Å²) in [5.41, 5.74) is 2.28. The molecule has 3 aromatic rings. The van der Waals surface area contributed by atoms with Gasteiger partial charge in [-0.15, -0.1) is 0 Å². The third-order valence-electron chi connectivity index (χ3n) is 4.02. The summed E-state index contributed by atoms with van der Waals surface area (Å²) in [5, 5.41) is 4.62. The number of nitrogens with zero attached hydrogens (tertiary/aromatic N) is 4. The molecule has 0 N–H and O–H groups in total. The highest BCUT2D eigenvalue weighted by molar-refractivity contribution is 7.22. The third kappa shape index (κ3) is 2.68. The zero-order valence-electron chi connectivity index (χ0n) is 12.7. The molecule has 23 heavy (non-hydrogen) atoms. The van der Waals surface area contributed by atoms with Crippen molar-refractivity contribution in [2.75, 3.05) is 31.1 Å². The first-order valence-electron chi connectivity index (χ1n) is 7.53. The van der Waals surface area contributed by atoms with E-state index in [2.05, 4.69) is 35.2 Å². The fourth-order valence-corrected chi connectivity index (χ4v) is 3.85. The number of aromatic nitrogens is 2. The Morgan fingerprint density at radius 1 is 1.22 bits per heavy atom. The summed E-state index contributed by atoms with van der Waals surface area (Å²) in [5.74, 6) is 0.205. The largest absolute Gasteiger partial charge is 0.351 e. The number of carbonyl (C=O) groups is 1. The van der Waals surface area contributed by atoms with Crippen molar-refractivity contribution < 1.29 is 9.32 Å². The van der Waals surface area contributed by atoms with Gasteiger partial charge in [-0.05, 0) is 24.6 Å². The minimum Gasteiger partial charge on any atom is -0.351 e. The molecule has 6 nitrogen and oxygen atoms in total. The van der Waals surface area contributed by atoms with Gasteiger partial charge < -0.3 is 14.3 Å². The first-order chi connectivity index (χ1) is 11.2. The maximum atomic E-state index is 12.2. The maximum Gasteiger partial charge on any atom is 0.292 e. The van der Waals surface area contributed by atoms with E-state index in [9.17, 15) is 4.79 Å². The van der Waals surface area contributed by atoms with Crippen molar-refractivity contribution in [3.8, 4) is 0 Å². The molecule has 1 aliphatic heterocycles. The van der Waals surface area contributed by atoms with Crippen molar-refractivity contribution in [1.82, 2.24) is 15.0 Å². The van der Waals surface area contributed by atoms with E-state index in [-0.39, 0.29) is 5.91 Å². The highest BCUT2D eigenvalue weighted by Crippen LogP contribution is 2.30. The van der Waals surface area contributed by atoms with Crippen molar-refractivity contribution in [2.45, 2.75) is 6.92 Å². The van der Waals surface area contributed by atoms with Crippen LogP contribution in [0.3, 0.4) is 0 Å². The topological polar surface area (TPSA) is 62.5 Å². The Morgan fingerprint density at radius 3 is 2.78 bits per heavy atom. The molecule has 0 spiro atoms. The quantitative estimate of drug-likeness (QED) is 0.723. The minimum absolute atomic E-state index is 0.0953. The normalized spacial score (nSPS) is 15.3. The standard InChI is InChI=1S/C16H16N4O2S/c1-11-2-3-12-14(10-11)23-16(18-12)20-8-6-19(7-9-20)15(21)13-4-5-17-22-13/h2-5,10H,6-9H2,1H3. The van der Waals surface area contributed by atoms with E-state index >= 15 is 0 Å². The van der Waals surface area contributed by atoms with Crippen LogP contribution in [0.5, 0.6) is 0 Å². The number of fused-ring (bicyclic) bond motifs is 1. The average molecular weight is 328 g/mol. The molecule has 7 heteroatoms. The third-order valence-corrected chi connectivity index (χ3v) is 5.10. The van der Waals surface area contributed by atoms with Gasteiger partial charge in [0.05, 0.1) is 16.4 Å². The fraction of sp³-hybridized carbons (Fsp3) is 0.312. The average Bonchev–Trinajstić information content (AvgIpc) is 3.23. The van der Waals surface area contributed by atoms with Crippen molar-refractivity contribution in [3.05, 3.63) is 41.8 Å². The van der Waals surface area contributed by atoms with Crippen LogP contribution in [0.15, 0.2) is 35.0 Å². The van der Waals surface area contributed by atoms with Gasteiger partial charge in [0, 0.05) is 32.2 Å². The van der Waals surface area contributed by atoms with Crippen LogP contribution in [0.1, 0.15) is 16.1 Å². The lowest BCUT2D eigenvalue weighted by molar-refractivity contribution is 0.0705. The molecule has 1 aliphatic rings. The second-order valence-corrected chi connectivity index (χ2v) is 6.63. The Bertz CT molecular complexity index is 835. The molecule has 0 radical (unpaired) electrons. The van der Waals surface area contributed by atoms with E-state index < -0.39 is 0 Å². The zero-order chi connectivity index (χ0) is 15.8. The van der Waals surface area contributed by atoms with E-state index in [4.69, 9.17) is 9.51 Å². The number of anilines is 1. The first-order valence-corrected chi connectivity index (χ1v) is 8.34. The first kappa shape index (κ1) is 14.2. The fourth-order valence-electron chi connectivity index (χ4n) is 2.74. The maximum absolute atomic E-state index is 12.2. The number of thiazole rings is 1. The van der Waals surface area contributed by atoms with Crippen LogP contribution >= 0.6 is 11.3 Å². The van der Waals surface area contributed by atoms with E-state index in [0.717, 1.165) is 23.7 Å². The van der Waals surface area contributed by atoms with Crippen LogP contribution in [0, 0.1) is 6.92 Å². The summed E-state index contributed by atoms with van der Waals surface area (Å²) in [6.45, 7) is 4.97. The number of benzene rings is 1. The minimum atomic E-state index is -0.0953. The number of piperazine rings is 1. The van der Waals surface area contributed by atoms with Crippen molar-refractivity contribution >= 4 is 32.6 Å². The molecule has 1 fully saturated rings. The number of aryl methyl sites for hydroxylation is 1. The summed E-state index contributed by atoms with van der Waals surface area (Å²) in [6, 6.07) is 7.92. The molecule has 0 aliphatic carbocycles. The monoisotopic (exact) mass is 328 g/mol. The Kier molecular flexibility index (Phi) is 3.49. The predicted molar refractivity (Wildman–Crippen MR) is 89.0 cm³/mol. The molecule has 0 atom stereocenters. The number of amides is 1. The number of hydrogen-bond donors (Lipinski definition) is 0. The molecular weight excluding hydrogens is 312 g/mol. The molecule has 0 unspecified atom stereocenters. The van der Waals surface area contributed by atoms with Crippen LogP contribution in [-0.2, 0) is 0 Å². The van der Waals surface area contributed by atoms with Crippen molar-refractivity contribution in [1.29, 1.82) is 0 Å². The summed E-state index contributed by atoms with van der Waals surface area (Å²) in [7, 11) is 0. The second kappa shape index (κ2) is 5.66. The molecule has 1 aromatic carbocycles. The Hall–Kier alpha value is -2.41. The van der Waals surface area contributed by atoms with Crippen LogP contribution in [0.25, 0.3) is 10.2 Å². The molecule has 1 amide bonds. The van der Waals surface area contributed by atoms with Gasteiger partial charge in [0.1, 0.15) is 0 Å². The SMILES string of the molecule is Cc1ccc2nc(N3CCN(C(=O)c4ccno4)CC3)sc2c1. The number of rotatable bonds is 2. The van der Waals surface area contributed by atoms with Crippen LogP contribution in [0.4, 0.5) is 5.13 Å². The van der Waals surface area contributed by atoms with Gasteiger partial charge in [0.15, 0.2) is 5.13 Å². The molecule has 1 saturated heterocycles. The van der Waals surface area contributed by atoms with Crippen molar-refractivity contribution in [2.24, 2.45) is 0 Å². The lowest BCUT2D eigenvalue weighted by atomic mass is 10.2. The highest BCUT2D eigenvalue weighted by atomic mass is 32.1.